The van der Waals surface area contributed by atoms with Gasteiger partial charge in [-0.1, -0.05) is 13.8 Å². The smallest absolute Gasteiger partial charge is 0.0243 e. The zero-order chi connectivity index (χ0) is 12.1. The molecule has 0 aromatic heterocycles. The number of hydrogen-bond acceptors (Lipinski definition) is 3. The number of likely N-dealkylation sites (tertiary alicyclic amines) is 1. The molecule has 1 aliphatic rings. The molecule has 0 aromatic rings. The Labute approximate surface area is 101 Å². The zero-order valence-corrected chi connectivity index (χ0v) is 11.7. The fourth-order valence-corrected chi connectivity index (χ4v) is 2.54. The fraction of sp³-hybridized carbons (Fsp3) is 1.00. The highest BCUT2D eigenvalue weighted by atomic mass is 15.1. The van der Waals surface area contributed by atoms with Crippen LogP contribution in [0.3, 0.4) is 0 Å². The van der Waals surface area contributed by atoms with Gasteiger partial charge in [0.25, 0.3) is 0 Å². The molecule has 0 radical (unpaired) electrons. The van der Waals surface area contributed by atoms with Crippen LogP contribution in [0.1, 0.15) is 26.7 Å². The lowest BCUT2D eigenvalue weighted by atomic mass is 9.88. The molecule has 0 aromatic carbocycles. The molecule has 16 heavy (non-hydrogen) atoms. The van der Waals surface area contributed by atoms with Crippen LogP contribution in [0.5, 0.6) is 0 Å². The topological polar surface area (TPSA) is 18.5 Å². The van der Waals surface area contributed by atoms with Crippen molar-refractivity contribution in [2.24, 2.45) is 5.92 Å². The van der Waals surface area contributed by atoms with Crippen LogP contribution >= 0.6 is 0 Å². The molecule has 0 aliphatic carbocycles. The summed E-state index contributed by atoms with van der Waals surface area (Å²) >= 11 is 0. The molecule has 1 heterocycles. The van der Waals surface area contributed by atoms with E-state index in [1.165, 1.54) is 25.9 Å². The Hall–Kier alpha value is -0.120. The summed E-state index contributed by atoms with van der Waals surface area (Å²) in [7, 11) is 6.66. The summed E-state index contributed by atoms with van der Waals surface area (Å²) in [5.74, 6) is 0.859. The molecule has 0 amide bonds. The number of hydrogen-bond donors (Lipinski definition) is 1. The minimum Gasteiger partial charge on any atom is -0.313 e. The molecule has 3 heteroatoms. The maximum absolute atomic E-state index is 3.58. The number of nitrogens with one attached hydrogen (secondary N) is 1. The highest BCUT2D eigenvalue weighted by molar-refractivity contribution is 4.83. The average molecular weight is 227 g/mol. The van der Waals surface area contributed by atoms with E-state index in [-0.39, 0.29) is 0 Å². The van der Waals surface area contributed by atoms with Crippen LogP contribution < -0.4 is 5.32 Å². The van der Waals surface area contributed by atoms with Gasteiger partial charge in [-0.25, -0.2) is 0 Å². The van der Waals surface area contributed by atoms with E-state index in [2.05, 4.69) is 50.1 Å². The third kappa shape index (κ3) is 4.40. The number of rotatable bonds is 5. The van der Waals surface area contributed by atoms with Gasteiger partial charge in [0.15, 0.2) is 0 Å². The molecular formula is C13H29N3. The van der Waals surface area contributed by atoms with E-state index in [0.717, 1.165) is 12.5 Å². The van der Waals surface area contributed by atoms with E-state index in [9.17, 15) is 0 Å². The van der Waals surface area contributed by atoms with Gasteiger partial charge in [-0.2, -0.15) is 0 Å². The molecule has 1 unspecified atom stereocenters. The molecule has 0 spiro atoms. The van der Waals surface area contributed by atoms with Crippen LogP contribution in [0.15, 0.2) is 0 Å². The first-order chi connectivity index (χ1) is 7.50. The van der Waals surface area contributed by atoms with Crippen LogP contribution in [0.25, 0.3) is 0 Å². The highest BCUT2D eigenvalue weighted by Crippen LogP contribution is 2.22. The summed E-state index contributed by atoms with van der Waals surface area (Å²) in [4.78, 5) is 4.84. The summed E-state index contributed by atoms with van der Waals surface area (Å²) < 4.78 is 0. The van der Waals surface area contributed by atoms with Crippen molar-refractivity contribution < 1.29 is 0 Å². The van der Waals surface area contributed by atoms with E-state index in [1.807, 2.05) is 0 Å². The summed E-state index contributed by atoms with van der Waals surface area (Å²) in [5.41, 5.74) is 0. The molecule has 0 saturated carbocycles. The second-order valence-corrected chi connectivity index (χ2v) is 5.73. The Kier molecular flexibility index (Phi) is 5.73. The Morgan fingerprint density at radius 3 is 2.25 bits per heavy atom. The Balaban J connectivity index is 2.43. The van der Waals surface area contributed by atoms with Gasteiger partial charge >= 0.3 is 0 Å². The molecular weight excluding hydrogens is 198 g/mol. The van der Waals surface area contributed by atoms with Crippen molar-refractivity contribution in [3.05, 3.63) is 0 Å². The zero-order valence-electron chi connectivity index (χ0n) is 11.7. The molecule has 96 valence electrons. The highest BCUT2D eigenvalue weighted by Gasteiger charge is 2.26. The van der Waals surface area contributed by atoms with Gasteiger partial charge in [-0.15, -0.1) is 0 Å². The van der Waals surface area contributed by atoms with Crippen molar-refractivity contribution in [1.82, 2.24) is 15.1 Å². The molecule has 3 nitrogen and oxygen atoms in total. The standard InChI is InChI=1S/C13H29N3/c1-11(2)14-10-13(15(3)4)12-6-8-16(5)9-7-12/h11-14H,6-10H2,1-5H3. The van der Waals surface area contributed by atoms with E-state index in [1.54, 1.807) is 0 Å². The van der Waals surface area contributed by atoms with Crippen molar-refractivity contribution in [2.75, 3.05) is 40.8 Å². The second kappa shape index (κ2) is 6.58. The first-order valence-corrected chi connectivity index (χ1v) is 6.59. The van der Waals surface area contributed by atoms with Crippen LogP contribution in [0.2, 0.25) is 0 Å². The monoisotopic (exact) mass is 227 g/mol. The van der Waals surface area contributed by atoms with Gasteiger partial charge < -0.3 is 15.1 Å². The van der Waals surface area contributed by atoms with Crippen molar-refractivity contribution in [3.63, 3.8) is 0 Å². The average Bonchev–Trinajstić information content (AvgIpc) is 2.20. The van der Waals surface area contributed by atoms with Gasteiger partial charge in [0.1, 0.15) is 0 Å². The quantitative estimate of drug-likeness (QED) is 0.763. The van der Waals surface area contributed by atoms with Gasteiger partial charge in [-0.05, 0) is 53.0 Å². The van der Waals surface area contributed by atoms with E-state index in [4.69, 9.17) is 0 Å². The Morgan fingerprint density at radius 1 is 1.25 bits per heavy atom. The third-order valence-corrected chi connectivity index (χ3v) is 3.71. The molecule has 0 bridgehead atoms. The number of nitrogens with zero attached hydrogens (tertiary/aromatic N) is 2. The minimum absolute atomic E-state index is 0.591. The first-order valence-electron chi connectivity index (χ1n) is 6.59. The summed E-state index contributed by atoms with van der Waals surface area (Å²) in [6, 6.07) is 1.28. The first kappa shape index (κ1) is 13.9. The molecule has 1 atom stereocenters. The Bertz CT molecular complexity index is 184. The molecule has 1 N–H and O–H groups in total. The lowest BCUT2D eigenvalue weighted by Gasteiger charge is -2.38. The molecule has 1 aliphatic heterocycles. The maximum atomic E-state index is 3.58. The van der Waals surface area contributed by atoms with Gasteiger partial charge in [0, 0.05) is 18.6 Å². The lowest BCUT2D eigenvalue weighted by Crippen LogP contribution is -2.48. The number of piperidine rings is 1. The normalized spacial score (nSPS) is 21.9. The van der Waals surface area contributed by atoms with Crippen LogP contribution in [-0.4, -0.2) is 62.7 Å². The maximum Gasteiger partial charge on any atom is 0.0243 e. The minimum atomic E-state index is 0.591. The summed E-state index contributed by atoms with van der Waals surface area (Å²) in [6.45, 7) is 8.09. The SMILES string of the molecule is CC(C)NCC(C1CCN(C)CC1)N(C)C. The van der Waals surface area contributed by atoms with Gasteiger partial charge in [0.05, 0.1) is 0 Å². The van der Waals surface area contributed by atoms with Crippen LogP contribution in [-0.2, 0) is 0 Å². The largest absolute Gasteiger partial charge is 0.313 e. The van der Waals surface area contributed by atoms with Crippen molar-refractivity contribution in [1.29, 1.82) is 0 Å². The Morgan fingerprint density at radius 2 is 1.81 bits per heavy atom. The summed E-state index contributed by atoms with van der Waals surface area (Å²) in [5, 5.41) is 3.58. The summed E-state index contributed by atoms with van der Waals surface area (Å²) in [6.07, 6.45) is 2.69. The van der Waals surface area contributed by atoms with E-state index < -0.39 is 0 Å². The van der Waals surface area contributed by atoms with Gasteiger partial charge in [0.2, 0.25) is 0 Å². The van der Waals surface area contributed by atoms with Crippen LogP contribution in [0, 0.1) is 5.92 Å². The predicted molar refractivity (Wildman–Crippen MR) is 70.8 cm³/mol. The van der Waals surface area contributed by atoms with E-state index >= 15 is 0 Å². The van der Waals surface area contributed by atoms with Crippen molar-refractivity contribution in [3.8, 4) is 0 Å². The van der Waals surface area contributed by atoms with E-state index in [0.29, 0.717) is 12.1 Å². The lowest BCUT2D eigenvalue weighted by molar-refractivity contribution is 0.128. The predicted octanol–water partition coefficient (Wildman–Crippen LogP) is 1.26. The van der Waals surface area contributed by atoms with Gasteiger partial charge in [-0.3, -0.25) is 0 Å². The second-order valence-electron chi connectivity index (χ2n) is 5.73. The molecule has 1 saturated heterocycles. The fourth-order valence-electron chi connectivity index (χ4n) is 2.54. The number of likely N-dealkylation sites (N-methyl/N-ethyl adjacent to an activating group) is 1. The van der Waals surface area contributed by atoms with Crippen LogP contribution in [0.4, 0.5) is 0 Å². The third-order valence-electron chi connectivity index (χ3n) is 3.71. The molecule has 1 fully saturated rings. The molecule has 1 rings (SSSR count). The van der Waals surface area contributed by atoms with Crippen molar-refractivity contribution in [2.45, 2.75) is 38.8 Å². The van der Waals surface area contributed by atoms with Crippen molar-refractivity contribution >= 4 is 0 Å².